The Morgan fingerprint density at radius 1 is 1.29 bits per heavy atom. The van der Waals surface area contributed by atoms with E-state index in [0.717, 1.165) is 0 Å². The van der Waals surface area contributed by atoms with Crippen LogP contribution in [0, 0.1) is 10.1 Å². The Hall–Kier alpha value is -3.02. The van der Waals surface area contributed by atoms with Crippen molar-refractivity contribution >= 4 is 23.4 Å². The van der Waals surface area contributed by atoms with E-state index >= 15 is 0 Å². The molecule has 0 saturated carbocycles. The number of aliphatic imine (C=N–C) groups is 1. The molecule has 106 valence electrons. The van der Waals surface area contributed by atoms with Gasteiger partial charge in [0.1, 0.15) is 5.75 Å². The number of phenolic OH excluding ortho intramolecular Hbond substituents is 1. The number of phenols is 1. The second-order valence-electron chi connectivity index (χ2n) is 4.36. The van der Waals surface area contributed by atoms with E-state index in [9.17, 15) is 20.0 Å². The Balaban J connectivity index is 2.33. The summed E-state index contributed by atoms with van der Waals surface area (Å²) in [7, 11) is 0. The number of ketones is 1. The minimum Gasteiger partial charge on any atom is -0.507 e. The van der Waals surface area contributed by atoms with Gasteiger partial charge in [-0.3, -0.25) is 19.9 Å². The van der Waals surface area contributed by atoms with Gasteiger partial charge in [0.25, 0.3) is 5.69 Å². The van der Waals surface area contributed by atoms with E-state index in [4.69, 9.17) is 0 Å². The van der Waals surface area contributed by atoms with Crippen LogP contribution < -0.4 is 0 Å². The van der Waals surface area contributed by atoms with Crippen LogP contribution >= 0.6 is 0 Å². The normalized spacial score (nSPS) is 10.7. The smallest absolute Gasteiger partial charge is 0.270 e. The lowest BCUT2D eigenvalue weighted by molar-refractivity contribution is -0.384. The highest BCUT2D eigenvalue weighted by atomic mass is 16.6. The van der Waals surface area contributed by atoms with Crippen molar-refractivity contribution in [2.75, 3.05) is 0 Å². The van der Waals surface area contributed by atoms with Crippen molar-refractivity contribution in [1.29, 1.82) is 0 Å². The summed E-state index contributed by atoms with van der Waals surface area (Å²) in [6.07, 6.45) is 1.32. The van der Waals surface area contributed by atoms with Crippen LogP contribution in [-0.4, -0.2) is 22.0 Å². The third-order valence-corrected chi connectivity index (χ3v) is 2.83. The predicted molar refractivity (Wildman–Crippen MR) is 78.5 cm³/mol. The van der Waals surface area contributed by atoms with Gasteiger partial charge in [-0.1, -0.05) is 12.1 Å². The molecule has 0 atom stereocenters. The number of nitro groups is 1. The molecule has 1 N–H and O–H groups in total. The molecule has 0 saturated heterocycles. The third kappa shape index (κ3) is 3.50. The van der Waals surface area contributed by atoms with Crippen molar-refractivity contribution in [1.82, 2.24) is 0 Å². The molecule has 6 heteroatoms. The van der Waals surface area contributed by atoms with Crippen LogP contribution in [-0.2, 0) is 0 Å². The average Bonchev–Trinajstić information content (AvgIpc) is 2.46. The van der Waals surface area contributed by atoms with E-state index in [-0.39, 0.29) is 22.8 Å². The number of hydrogen-bond acceptors (Lipinski definition) is 5. The van der Waals surface area contributed by atoms with Gasteiger partial charge >= 0.3 is 0 Å². The Labute approximate surface area is 120 Å². The van der Waals surface area contributed by atoms with E-state index < -0.39 is 4.92 Å². The molecular formula is C15H12N2O4. The topological polar surface area (TPSA) is 92.8 Å². The highest BCUT2D eigenvalue weighted by Gasteiger charge is 2.08. The first-order valence-corrected chi connectivity index (χ1v) is 6.10. The molecule has 2 rings (SSSR count). The summed E-state index contributed by atoms with van der Waals surface area (Å²) in [6, 6.07) is 10.3. The van der Waals surface area contributed by atoms with E-state index in [1.165, 1.54) is 31.3 Å². The molecule has 21 heavy (non-hydrogen) atoms. The first-order valence-electron chi connectivity index (χ1n) is 6.10. The number of nitrogens with zero attached hydrogens (tertiary/aromatic N) is 2. The maximum Gasteiger partial charge on any atom is 0.270 e. The van der Waals surface area contributed by atoms with Crippen LogP contribution in [0.25, 0.3) is 0 Å². The van der Waals surface area contributed by atoms with Crippen LogP contribution in [0.15, 0.2) is 47.5 Å². The summed E-state index contributed by atoms with van der Waals surface area (Å²) in [5.74, 6) is -0.183. The zero-order chi connectivity index (χ0) is 15.4. The summed E-state index contributed by atoms with van der Waals surface area (Å²) in [4.78, 5) is 25.6. The van der Waals surface area contributed by atoms with E-state index in [0.29, 0.717) is 11.3 Å². The number of hydrogen-bond donors (Lipinski definition) is 1. The lowest BCUT2D eigenvalue weighted by Crippen LogP contribution is -1.91. The molecular weight excluding hydrogens is 272 g/mol. The molecule has 0 amide bonds. The average molecular weight is 284 g/mol. The van der Waals surface area contributed by atoms with Gasteiger partial charge in [-0.05, 0) is 25.1 Å². The van der Waals surface area contributed by atoms with Crippen molar-refractivity contribution in [3.8, 4) is 5.75 Å². The number of aromatic hydroxyl groups is 1. The predicted octanol–water partition coefficient (Wildman–Crippen LogP) is 3.25. The molecule has 2 aromatic carbocycles. The Morgan fingerprint density at radius 2 is 2.05 bits per heavy atom. The Morgan fingerprint density at radius 3 is 2.71 bits per heavy atom. The van der Waals surface area contributed by atoms with Gasteiger partial charge in [0.15, 0.2) is 5.78 Å². The highest BCUT2D eigenvalue weighted by Crippen LogP contribution is 2.22. The number of nitro benzene ring substituents is 1. The van der Waals surface area contributed by atoms with Gasteiger partial charge in [0.2, 0.25) is 0 Å². The van der Waals surface area contributed by atoms with Crippen molar-refractivity contribution in [3.63, 3.8) is 0 Å². The minimum atomic E-state index is -0.548. The Kier molecular flexibility index (Phi) is 4.08. The fourth-order valence-corrected chi connectivity index (χ4v) is 1.71. The van der Waals surface area contributed by atoms with Crippen LogP contribution in [0.2, 0.25) is 0 Å². The first-order chi connectivity index (χ1) is 9.97. The lowest BCUT2D eigenvalue weighted by Gasteiger charge is -2.00. The largest absolute Gasteiger partial charge is 0.507 e. The minimum absolute atomic E-state index is 0.0785. The van der Waals surface area contributed by atoms with Crippen molar-refractivity contribution in [2.24, 2.45) is 4.99 Å². The number of non-ortho nitro benzene ring substituents is 1. The number of carbonyl (C=O) groups excluding carboxylic acids is 1. The molecule has 0 aliphatic carbocycles. The molecule has 0 bridgehead atoms. The van der Waals surface area contributed by atoms with Crippen LogP contribution in [0.4, 0.5) is 11.4 Å². The SMILES string of the molecule is CC(=O)c1cccc(/N=C/c2cc([N+](=O)[O-])ccc2O)c1. The molecule has 6 nitrogen and oxygen atoms in total. The quantitative estimate of drug-likeness (QED) is 0.403. The summed E-state index contributed by atoms with van der Waals surface area (Å²) in [5.41, 5.74) is 1.14. The van der Waals surface area contributed by atoms with E-state index in [2.05, 4.69) is 4.99 Å². The van der Waals surface area contributed by atoms with Gasteiger partial charge in [0, 0.05) is 29.5 Å². The zero-order valence-electron chi connectivity index (χ0n) is 11.2. The molecule has 0 unspecified atom stereocenters. The van der Waals surface area contributed by atoms with Gasteiger partial charge in [-0.25, -0.2) is 0 Å². The van der Waals surface area contributed by atoms with Crippen LogP contribution in [0.1, 0.15) is 22.8 Å². The van der Waals surface area contributed by atoms with E-state index in [1.807, 2.05) is 0 Å². The monoisotopic (exact) mass is 284 g/mol. The number of benzene rings is 2. The van der Waals surface area contributed by atoms with Gasteiger partial charge < -0.3 is 5.11 Å². The van der Waals surface area contributed by atoms with Crippen LogP contribution in [0.3, 0.4) is 0 Å². The fourth-order valence-electron chi connectivity index (χ4n) is 1.71. The van der Waals surface area contributed by atoms with Crippen molar-refractivity contribution in [2.45, 2.75) is 6.92 Å². The molecule has 2 aromatic rings. The molecule has 0 aliphatic rings. The van der Waals surface area contributed by atoms with E-state index in [1.54, 1.807) is 24.3 Å². The first kappa shape index (κ1) is 14.4. The molecule has 0 heterocycles. The van der Waals surface area contributed by atoms with Crippen molar-refractivity contribution in [3.05, 3.63) is 63.7 Å². The summed E-state index contributed by atoms with van der Waals surface area (Å²) in [6.45, 7) is 1.45. The summed E-state index contributed by atoms with van der Waals surface area (Å²) < 4.78 is 0. The number of rotatable bonds is 4. The van der Waals surface area contributed by atoms with Crippen LogP contribution in [0.5, 0.6) is 5.75 Å². The second kappa shape index (κ2) is 5.96. The van der Waals surface area contributed by atoms with Gasteiger partial charge in [-0.2, -0.15) is 0 Å². The molecule has 0 spiro atoms. The zero-order valence-corrected chi connectivity index (χ0v) is 11.2. The number of Topliss-reactive ketones (excluding diaryl/α,β-unsaturated/α-hetero) is 1. The maximum absolute atomic E-state index is 11.3. The molecule has 0 radical (unpaired) electrons. The molecule has 0 aromatic heterocycles. The standard InChI is InChI=1S/C15H12N2O4/c1-10(18)11-3-2-4-13(7-11)16-9-12-8-14(17(20)21)5-6-15(12)19/h2-9,19H,1H3/b16-9+. The highest BCUT2D eigenvalue weighted by molar-refractivity contribution is 5.95. The third-order valence-electron chi connectivity index (χ3n) is 2.83. The second-order valence-corrected chi connectivity index (χ2v) is 4.36. The van der Waals surface area contributed by atoms with Gasteiger partial charge in [-0.15, -0.1) is 0 Å². The number of carbonyl (C=O) groups is 1. The summed E-state index contributed by atoms with van der Waals surface area (Å²) in [5, 5.41) is 20.4. The lowest BCUT2D eigenvalue weighted by atomic mass is 10.1. The Bertz CT molecular complexity index is 738. The van der Waals surface area contributed by atoms with Crippen molar-refractivity contribution < 1.29 is 14.8 Å². The fraction of sp³-hybridized carbons (Fsp3) is 0.0667. The summed E-state index contributed by atoms with van der Waals surface area (Å²) >= 11 is 0. The van der Waals surface area contributed by atoms with Gasteiger partial charge in [0.05, 0.1) is 10.6 Å². The molecule has 0 aliphatic heterocycles. The molecule has 0 fully saturated rings. The maximum atomic E-state index is 11.3.